The molecule has 0 radical (unpaired) electrons. The van der Waals surface area contributed by atoms with Gasteiger partial charge in [0.05, 0.1) is 18.7 Å². The van der Waals surface area contributed by atoms with Crippen LogP contribution in [0.4, 0.5) is 0 Å². The van der Waals surface area contributed by atoms with Crippen molar-refractivity contribution in [3.63, 3.8) is 0 Å². The first-order valence-corrected chi connectivity index (χ1v) is 7.80. The molecule has 0 bridgehead atoms. The van der Waals surface area contributed by atoms with Crippen LogP contribution in [0.2, 0.25) is 0 Å². The smallest absolute Gasteiger partial charge is 0.244 e. The van der Waals surface area contributed by atoms with Gasteiger partial charge in [0.15, 0.2) is 0 Å². The van der Waals surface area contributed by atoms with Gasteiger partial charge in [0.25, 0.3) is 0 Å². The molecule has 1 aliphatic heterocycles. The first-order chi connectivity index (χ1) is 8.94. The highest BCUT2D eigenvalue weighted by molar-refractivity contribution is 7.89. The number of nitrogens with one attached hydrogen (secondary N) is 2. The lowest BCUT2D eigenvalue weighted by Crippen LogP contribution is -2.39. The molecule has 108 valence electrons. The Kier molecular flexibility index (Phi) is 4.29. The lowest BCUT2D eigenvalue weighted by Gasteiger charge is -2.15. The van der Waals surface area contributed by atoms with Crippen molar-refractivity contribution in [3.05, 3.63) is 17.6 Å². The van der Waals surface area contributed by atoms with Crippen LogP contribution in [-0.2, 0) is 21.3 Å². The van der Waals surface area contributed by atoms with Crippen LogP contribution in [-0.4, -0.2) is 34.2 Å². The maximum absolute atomic E-state index is 12.3. The van der Waals surface area contributed by atoms with E-state index < -0.39 is 10.0 Å². The van der Waals surface area contributed by atoms with Gasteiger partial charge in [-0.15, -0.1) is 0 Å². The van der Waals surface area contributed by atoms with Gasteiger partial charge in [-0.25, -0.2) is 13.1 Å². The molecule has 19 heavy (non-hydrogen) atoms. The van der Waals surface area contributed by atoms with Gasteiger partial charge in [-0.2, -0.15) is 0 Å². The number of sulfonamides is 1. The summed E-state index contributed by atoms with van der Waals surface area (Å²) in [6.45, 7) is 4.61. The molecule has 1 aromatic heterocycles. The summed E-state index contributed by atoms with van der Waals surface area (Å²) in [6.07, 6.45) is 0.597. The SMILES string of the molecule is CNCc1cc(S(=O)(=O)NC2CCOC2C)c(C)o1. The fourth-order valence-corrected chi connectivity index (χ4v) is 3.74. The molecule has 2 atom stereocenters. The van der Waals surface area contributed by atoms with E-state index in [9.17, 15) is 8.42 Å². The molecule has 0 aliphatic carbocycles. The van der Waals surface area contributed by atoms with Gasteiger partial charge in [0, 0.05) is 12.7 Å². The van der Waals surface area contributed by atoms with Crippen molar-refractivity contribution in [2.45, 2.75) is 43.9 Å². The minimum Gasteiger partial charge on any atom is -0.464 e. The third-order valence-electron chi connectivity index (χ3n) is 3.25. The van der Waals surface area contributed by atoms with Gasteiger partial charge in [0.1, 0.15) is 16.4 Å². The Labute approximate surface area is 113 Å². The van der Waals surface area contributed by atoms with Crippen LogP contribution in [0.1, 0.15) is 24.9 Å². The molecule has 1 saturated heterocycles. The van der Waals surface area contributed by atoms with Crippen LogP contribution in [0.15, 0.2) is 15.4 Å². The van der Waals surface area contributed by atoms with Gasteiger partial charge in [-0.3, -0.25) is 0 Å². The molecule has 7 heteroatoms. The fourth-order valence-electron chi connectivity index (χ4n) is 2.20. The van der Waals surface area contributed by atoms with Gasteiger partial charge in [-0.05, 0) is 27.3 Å². The molecular weight excluding hydrogens is 268 g/mol. The highest BCUT2D eigenvalue weighted by Crippen LogP contribution is 2.22. The molecule has 0 aromatic carbocycles. The Morgan fingerprint density at radius 3 is 2.79 bits per heavy atom. The highest BCUT2D eigenvalue weighted by atomic mass is 32.2. The molecule has 0 saturated carbocycles. The monoisotopic (exact) mass is 288 g/mol. The lowest BCUT2D eigenvalue weighted by molar-refractivity contribution is 0.117. The molecule has 1 fully saturated rings. The number of rotatable bonds is 5. The summed E-state index contributed by atoms with van der Waals surface area (Å²) in [4.78, 5) is 0.205. The summed E-state index contributed by atoms with van der Waals surface area (Å²) in [5.41, 5.74) is 0. The standard InChI is InChI=1S/C12H20N2O4S/c1-8-11(4-5-17-8)14-19(15,16)12-6-10(7-13-3)18-9(12)2/h6,8,11,13-14H,4-5,7H2,1-3H3. The summed E-state index contributed by atoms with van der Waals surface area (Å²) in [7, 11) is -1.78. The Bertz CT molecular complexity index is 538. The average Bonchev–Trinajstić information content (AvgIpc) is 2.87. The minimum atomic E-state index is -3.56. The normalized spacial score (nSPS) is 23.9. The maximum Gasteiger partial charge on any atom is 0.244 e. The fraction of sp³-hybridized carbons (Fsp3) is 0.667. The largest absolute Gasteiger partial charge is 0.464 e. The number of aryl methyl sites for hydroxylation is 1. The van der Waals surface area contributed by atoms with Gasteiger partial charge in [-0.1, -0.05) is 0 Å². The van der Waals surface area contributed by atoms with Crippen molar-refractivity contribution >= 4 is 10.0 Å². The average molecular weight is 288 g/mol. The van der Waals surface area contributed by atoms with E-state index in [1.165, 1.54) is 0 Å². The number of furan rings is 1. The summed E-state index contributed by atoms with van der Waals surface area (Å²) in [6, 6.07) is 1.39. The van der Waals surface area contributed by atoms with Gasteiger partial charge in [0.2, 0.25) is 10.0 Å². The molecule has 2 rings (SSSR count). The Morgan fingerprint density at radius 1 is 1.47 bits per heavy atom. The molecular formula is C12H20N2O4S. The highest BCUT2D eigenvalue weighted by Gasteiger charge is 2.31. The second-order valence-electron chi connectivity index (χ2n) is 4.76. The van der Waals surface area contributed by atoms with Gasteiger partial charge >= 0.3 is 0 Å². The summed E-state index contributed by atoms with van der Waals surface area (Å²) in [5.74, 6) is 1.01. The maximum atomic E-state index is 12.3. The zero-order chi connectivity index (χ0) is 14.0. The van der Waals surface area contributed by atoms with Crippen molar-refractivity contribution in [1.29, 1.82) is 0 Å². The van der Waals surface area contributed by atoms with Crippen LogP contribution in [0.5, 0.6) is 0 Å². The summed E-state index contributed by atoms with van der Waals surface area (Å²) in [5, 5.41) is 2.93. The van der Waals surface area contributed by atoms with Crippen molar-refractivity contribution < 1.29 is 17.6 Å². The zero-order valence-corrected chi connectivity index (χ0v) is 12.2. The van der Waals surface area contributed by atoms with Crippen LogP contribution in [0, 0.1) is 6.92 Å². The number of hydrogen-bond acceptors (Lipinski definition) is 5. The number of ether oxygens (including phenoxy) is 1. The van der Waals surface area contributed by atoms with Crippen LogP contribution in [0.25, 0.3) is 0 Å². The van der Waals surface area contributed by atoms with Crippen LogP contribution < -0.4 is 10.0 Å². The van der Waals surface area contributed by atoms with E-state index in [4.69, 9.17) is 9.15 Å². The van der Waals surface area contributed by atoms with E-state index in [2.05, 4.69) is 10.0 Å². The van der Waals surface area contributed by atoms with E-state index in [-0.39, 0.29) is 17.0 Å². The predicted octanol–water partition coefficient (Wildman–Crippen LogP) is 0.763. The van der Waals surface area contributed by atoms with Crippen LogP contribution in [0.3, 0.4) is 0 Å². The Morgan fingerprint density at radius 2 is 2.21 bits per heavy atom. The molecule has 2 unspecified atom stereocenters. The number of hydrogen-bond donors (Lipinski definition) is 2. The summed E-state index contributed by atoms with van der Waals surface area (Å²) >= 11 is 0. The third kappa shape index (κ3) is 3.17. The van der Waals surface area contributed by atoms with E-state index in [0.717, 1.165) is 0 Å². The van der Waals surface area contributed by atoms with Crippen molar-refractivity contribution in [1.82, 2.24) is 10.0 Å². The van der Waals surface area contributed by atoms with E-state index in [1.807, 2.05) is 6.92 Å². The van der Waals surface area contributed by atoms with E-state index in [1.54, 1.807) is 20.0 Å². The molecule has 2 heterocycles. The molecule has 0 amide bonds. The quantitative estimate of drug-likeness (QED) is 0.836. The minimum absolute atomic E-state index is 0.0984. The van der Waals surface area contributed by atoms with Crippen molar-refractivity contribution in [2.24, 2.45) is 0 Å². The molecule has 2 N–H and O–H groups in total. The molecule has 0 spiro atoms. The summed E-state index contributed by atoms with van der Waals surface area (Å²) < 4.78 is 38.1. The first kappa shape index (κ1) is 14.5. The molecule has 1 aliphatic rings. The third-order valence-corrected chi connectivity index (χ3v) is 4.84. The second kappa shape index (κ2) is 5.62. The van der Waals surface area contributed by atoms with E-state index >= 15 is 0 Å². The van der Waals surface area contributed by atoms with Crippen molar-refractivity contribution in [2.75, 3.05) is 13.7 Å². The topological polar surface area (TPSA) is 80.6 Å². The first-order valence-electron chi connectivity index (χ1n) is 6.32. The van der Waals surface area contributed by atoms with Crippen LogP contribution >= 0.6 is 0 Å². The molecule has 6 nitrogen and oxygen atoms in total. The van der Waals surface area contributed by atoms with E-state index in [0.29, 0.717) is 31.1 Å². The lowest BCUT2D eigenvalue weighted by atomic mass is 10.2. The second-order valence-corrected chi connectivity index (χ2v) is 6.44. The predicted molar refractivity (Wildman–Crippen MR) is 70.3 cm³/mol. The Balaban J connectivity index is 2.19. The zero-order valence-electron chi connectivity index (χ0n) is 11.4. The Hall–Kier alpha value is -0.890. The molecule has 1 aromatic rings. The van der Waals surface area contributed by atoms with Gasteiger partial charge < -0.3 is 14.5 Å². The van der Waals surface area contributed by atoms with Crippen molar-refractivity contribution in [3.8, 4) is 0 Å².